The van der Waals surface area contributed by atoms with Gasteiger partial charge >= 0.3 is 0 Å². The van der Waals surface area contributed by atoms with Crippen molar-refractivity contribution in [3.05, 3.63) is 0 Å². The van der Waals surface area contributed by atoms with Crippen LogP contribution in [0, 0.1) is 34.5 Å². The van der Waals surface area contributed by atoms with Gasteiger partial charge in [-0.05, 0) is 34.5 Å². The van der Waals surface area contributed by atoms with Gasteiger partial charge in [0.05, 0.1) is 0 Å². The number of rotatable bonds is 7. The van der Waals surface area contributed by atoms with Gasteiger partial charge in [0.2, 0.25) is 0 Å². The SMILES string of the molecule is CCC(C(CC[Si](C)(C)C)C(C)C(C)C(C)(C)C)C(C)(C)C. The topological polar surface area (TPSA) is 0 Å². The van der Waals surface area contributed by atoms with Gasteiger partial charge in [-0.2, -0.15) is 0 Å². The highest BCUT2D eigenvalue weighted by molar-refractivity contribution is 6.76. The van der Waals surface area contributed by atoms with Crippen LogP contribution in [0.3, 0.4) is 0 Å². The van der Waals surface area contributed by atoms with Gasteiger partial charge in [0.15, 0.2) is 0 Å². The average Bonchev–Trinajstić information content (AvgIpc) is 2.28. The lowest BCUT2D eigenvalue weighted by Gasteiger charge is -2.45. The lowest BCUT2D eigenvalue weighted by molar-refractivity contribution is 0.0507. The Morgan fingerprint density at radius 2 is 1.27 bits per heavy atom. The van der Waals surface area contributed by atoms with Crippen molar-refractivity contribution in [1.82, 2.24) is 0 Å². The van der Waals surface area contributed by atoms with Crippen molar-refractivity contribution < 1.29 is 0 Å². The van der Waals surface area contributed by atoms with Crippen LogP contribution >= 0.6 is 0 Å². The second kappa shape index (κ2) is 7.86. The summed E-state index contributed by atoms with van der Waals surface area (Å²) in [6, 6.07) is 1.48. The minimum Gasteiger partial charge on any atom is -0.0695 e. The Labute approximate surface area is 143 Å². The lowest BCUT2D eigenvalue weighted by atomic mass is 9.61. The van der Waals surface area contributed by atoms with E-state index in [1.54, 1.807) is 0 Å². The van der Waals surface area contributed by atoms with Crippen LogP contribution < -0.4 is 0 Å². The van der Waals surface area contributed by atoms with Crippen molar-refractivity contribution in [2.45, 2.75) is 101 Å². The highest BCUT2D eigenvalue weighted by atomic mass is 28.3. The first-order valence-corrected chi connectivity index (χ1v) is 13.3. The first-order chi connectivity index (χ1) is 9.61. The van der Waals surface area contributed by atoms with Gasteiger partial charge in [-0.3, -0.25) is 0 Å². The molecule has 0 aromatic carbocycles. The molecule has 0 aliphatic rings. The zero-order valence-corrected chi connectivity index (χ0v) is 18.9. The summed E-state index contributed by atoms with van der Waals surface area (Å²) in [5.74, 6) is 3.28. The molecule has 0 fully saturated rings. The average molecular weight is 327 g/mol. The summed E-state index contributed by atoms with van der Waals surface area (Å²) in [4.78, 5) is 0. The van der Waals surface area contributed by atoms with Gasteiger partial charge in [-0.25, -0.2) is 0 Å². The van der Waals surface area contributed by atoms with Crippen LogP contribution in [0.1, 0.15) is 75.2 Å². The molecule has 0 aliphatic carbocycles. The maximum Gasteiger partial charge on any atom is 0.0442 e. The largest absolute Gasteiger partial charge is 0.0695 e. The Balaban J connectivity index is 5.40. The quantitative estimate of drug-likeness (QED) is 0.420. The van der Waals surface area contributed by atoms with E-state index in [9.17, 15) is 0 Å². The second-order valence-electron chi connectivity index (χ2n) is 11.2. The third-order valence-electron chi connectivity index (χ3n) is 6.13. The van der Waals surface area contributed by atoms with E-state index in [-0.39, 0.29) is 0 Å². The van der Waals surface area contributed by atoms with E-state index < -0.39 is 8.07 Å². The van der Waals surface area contributed by atoms with E-state index in [2.05, 4.69) is 82.0 Å². The van der Waals surface area contributed by atoms with Crippen molar-refractivity contribution in [2.75, 3.05) is 0 Å². The monoisotopic (exact) mass is 326 g/mol. The minimum atomic E-state index is -0.964. The van der Waals surface area contributed by atoms with Gasteiger partial charge < -0.3 is 0 Å². The molecular formula is C21H46Si. The summed E-state index contributed by atoms with van der Waals surface area (Å²) >= 11 is 0. The first kappa shape index (κ1) is 22.2. The molecule has 0 radical (unpaired) electrons. The molecule has 0 amide bonds. The van der Waals surface area contributed by atoms with E-state index in [1.165, 1.54) is 18.9 Å². The van der Waals surface area contributed by atoms with Crippen LogP contribution in [0.5, 0.6) is 0 Å². The molecule has 22 heavy (non-hydrogen) atoms. The molecule has 0 saturated carbocycles. The van der Waals surface area contributed by atoms with Crippen molar-refractivity contribution >= 4 is 8.07 Å². The molecule has 0 spiro atoms. The zero-order valence-electron chi connectivity index (χ0n) is 17.9. The fourth-order valence-corrected chi connectivity index (χ4v) is 5.35. The van der Waals surface area contributed by atoms with E-state index >= 15 is 0 Å². The molecule has 0 aromatic rings. The molecule has 0 heterocycles. The summed E-state index contributed by atoms with van der Waals surface area (Å²) in [6.45, 7) is 29.6. The number of hydrogen-bond acceptors (Lipinski definition) is 0. The molecule has 4 unspecified atom stereocenters. The Bertz CT molecular complexity index is 310. The molecule has 0 nitrogen and oxygen atoms in total. The standard InChI is InChI=1S/C21H46Si/c1-13-19(21(7,8)9)18(14-15-22(10,11)12)16(2)17(3)20(4,5)6/h16-19H,13-15H2,1-12H3. The maximum absolute atomic E-state index is 2.54. The van der Waals surface area contributed by atoms with Crippen molar-refractivity contribution in [3.8, 4) is 0 Å². The van der Waals surface area contributed by atoms with Crippen LogP contribution in [0.15, 0.2) is 0 Å². The lowest BCUT2D eigenvalue weighted by Crippen LogP contribution is -2.38. The highest BCUT2D eigenvalue weighted by Crippen LogP contribution is 2.46. The van der Waals surface area contributed by atoms with Crippen LogP contribution in [0.2, 0.25) is 25.7 Å². The van der Waals surface area contributed by atoms with Gasteiger partial charge in [-0.1, -0.05) is 101 Å². The molecule has 1 heteroatoms. The van der Waals surface area contributed by atoms with E-state index in [1.807, 2.05) is 0 Å². The van der Waals surface area contributed by atoms with Crippen LogP contribution in [-0.2, 0) is 0 Å². The van der Waals surface area contributed by atoms with Crippen molar-refractivity contribution in [3.63, 3.8) is 0 Å². The molecule has 0 N–H and O–H groups in total. The third kappa shape index (κ3) is 7.19. The highest BCUT2D eigenvalue weighted by Gasteiger charge is 2.38. The predicted molar refractivity (Wildman–Crippen MR) is 107 cm³/mol. The van der Waals surface area contributed by atoms with Gasteiger partial charge in [0.1, 0.15) is 0 Å². The number of hydrogen-bond donors (Lipinski definition) is 0. The summed E-state index contributed by atoms with van der Waals surface area (Å²) in [6.07, 6.45) is 2.76. The Hall–Kier alpha value is 0.217. The maximum atomic E-state index is 2.54. The Morgan fingerprint density at radius 1 is 0.818 bits per heavy atom. The van der Waals surface area contributed by atoms with Crippen molar-refractivity contribution in [1.29, 1.82) is 0 Å². The molecular weight excluding hydrogens is 280 g/mol. The second-order valence-corrected chi connectivity index (χ2v) is 16.8. The predicted octanol–water partition coefficient (Wildman–Crippen LogP) is 7.72. The summed E-state index contributed by atoms with van der Waals surface area (Å²) in [7, 11) is -0.964. The minimum absolute atomic E-state index is 0.410. The molecule has 0 bridgehead atoms. The molecule has 0 saturated heterocycles. The summed E-state index contributed by atoms with van der Waals surface area (Å²) < 4.78 is 0. The molecule has 0 aromatic heterocycles. The fourth-order valence-electron chi connectivity index (χ4n) is 4.15. The Kier molecular flexibility index (Phi) is 7.94. The fraction of sp³-hybridized carbons (Fsp3) is 1.00. The van der Waals surface area contributed by atoms with Crippen molar-refractivity contribution in [2.24, 2.45) is 34.5 Å². The van der Waals surface area contributed by atoms with Crippen LogP contribution in [0.4, 0.5) is 0 Å². The summed E-state index contributed by atoms with van der Waals surface area (Å²) in [5, 5.41) is 0. The molecule has 4 atom stereocenters. The van der Waals surface area contributed by atoms with Gasteiger partial charge in [-0.15, -0.1) is 0 Å². The first-order valence-electron chi connectivity index (χ1n) is 9.61. The van der Waals surface area contributed by atoms with E-state index in [4.69, 9.17) is 0 Å². The zero-order chi connectivity index (χ0) is 17.9. The molecule has 0 rings (SSSR count). The smallest absolute Gasteiger partial charge is 0.0442 e. The molecule has 134 valence electrons. The van der Waals surface area contributed by atoms with E-state index in [0.717, 1.165) is 23.7 Å². The summed E-state index contributed by atoms with van der Waals surface area (Å²) in [5.41, 5.74) is 0.831. The third-order valence-corrected chi connectivity index (χ3v) is 7.92. The Morgan fingerprint density at radius 3 is 1.55 bits per heavy atom. The normalized spacial score (nSPS) is 19.6. The van der Waals surface area contributed by atoms with Gasteiger partial charge in [0.25, 0.3) is 0 Å². The van der Waals surface area contributed by atoms with E-state index in [0.29, 0.717) is 10.8 Å². The van der Waals surface area contributed by atoms with Crippen LogP contribution in [-0.4, -0.2) is 8.07 Å². The van der Waals surface area contributed by atoms with Gasteiger partial charge in [0, 0.05) is 8.07 Å². The molecule has 0 aliphatic heterocycles. The van der Waals surface area contributed by atoms with Crippen LogP contribution in [0.25, 0.3) is 0 Å².